The summed E-state index contributed by atoms with van der Waals surface area (Å²) in [7, 11) is -2.52. The van der Waals surface area contributed by atoms with E-state index >= 15 is 0 Å². The van der Waals surface area contributed by atoms with Crippen molar-refractivity contribution in [1.82, 2.24) is 10.9 Å². The van der Waals surface area contributed by atoms with Crippen LogP contribution in [0.2, 0.25) is 5.02 Å². The van der Waals surface area contributed by atoms with Crippen molar-refractivity contribution >= 4 is 33.2 Å². The van der Waals surface area contributed by atoms with E-state index in [1.165, 1.54) is 25.3 Å². The third-order valence-electron chi connectivity index (χ3n) is 4.45. The van der Waals surface area contributed by atoms with Crippen LogP contribution in [-0.4, -0.2) is 28.0 Å². The molecule has 0 saturated carbocycles. The molecule has 0 unspecified atom stereocenters. The Morgan fingerprint density at radius 3 is 2.59 bits per heavy atom. The third kappa shape index (κ3) is 5.02. The second-order valence-corrected chi connectivity index (χ2v) is 8.71. The van der Waals surface area contributed by atoms with Crippen LogP contribution in [0.4, 0.5) is 5.69 Å². The molecule has 0 aromatic heterocycles. The smallest absolute Gasteiger partial charge is 0.264 e. The first-order chi connectivity index (χ1) is 13.9. The number of nitrogens with zero attached hydrogens (tertiary/aromatic N) is 1. The first-order valence-electron chi connectivity index (χ1n) is 9.07. The number of benzene rings is 2. The number of hydrazine groups is 1. The lowest BCUT2D eigenvalue weighted by Crippen LogP contribution is -2.45. The lowest BCUT2D eigenvalue weighted by molar-refractivity contribution is -0.120. The van der Waals surface area contributed by atoms with Gasteiger partial charge < -0.3 is 10.2 Å². The summed E-state index contributed by atoms with van der Waals surface area (Å²) in [6, 6.07) is 12.5. The monoisotopic (exact) mass is 435 g/mol. The van der Waals surface area contributed by atoms with E-state index in [1.54, 1.807) is 30.3 Å². The molecule has 0 fully saturated rings. The topological polar surface area (TPSA) is 87.7 Å². The van der Waals surface area contributed by atoms with E-state index in [9.17, 15) is 13.2 Å². The molecule has 0 bridgehead atoms. The van der Waals surface area contributed by atoms with Crippen molar-refractivity contribution in [3.8, 4) is 5.75 Å². The second-order valence-electron chi connectivity index (χ2n) is 6.44. The van der Waals surface area contributed by atoms with E-state index in [0.29, 0.717) is 5.75 Å². The molecule has 1 amide bonds. The van der Waals surface area contributed by atoms with Crippen LogP contribution in [0.1, 0.15) is 19.3 Å². The molecule has 154 valence electrons. The van der Waals surface area contributed by atoms with E-state index in [4.69, 9.17) is 16.3 Å². The quantitative estimate of drug-likeness (QED) is 0.621. The lowest BCUT2D eigenvalue weighted by Gasteiger charge is -2.24. The predicted octanol–water partition coefficient (Wildman–Crippen LogP) is 3.23. The maximum Gasteiger partial charge on any atom is 0.264 e. The minimum Gasteiger partial charge on any atom is -0.495 e. The Morgan fingerprint density at radius 2 is 1.97 bits per heavy atom. The summed E-state index contributed by atoms with van der Waals surface area (Å²) < 4.78 is 32.6. The van der Waals surface area contributed by atoms with Gasteiger partial charge in [-0.05, 0) is 49.6 Å². The zero-order valence-electron chi connectivity index (χ0n) is 15.9. The molecule has 9 heteroatoms. The van der Waals surface area contributed by atoms with Crippen LogP contribution >= 0.6 is 11.6 Å². The lowest BCUT2D eigenvalue weighted by atomic mass is 10.3. The molecule has 2 N–H and O–H groups in total. The number of amides is 1. The van der Waals surface area contributed by atoms with Crippen LogP contribution in [-0.2, 0) is 14.8 Å². The van der Waals surface area contributed by atoms with Crippen LogP contribution in [0.25, 0.3) is 0 Å². The third-order valence-corrected chi connectivity index (χ3v) is 6.53. The number of sulfonamides is 1. The van der Waals surface area contributed by atoms with Gasteiger partial charge in [0.1, 0.15) is 12.3 Å². The highest BCUT2D eigenvalue weighted by Gasteiger charge is 2.27. The SMILES string of the molecule is COc1ccc(N(CC(=O)NNC2=CCCC2)S(=O)(=O)c2ccccc2)cc1Cl. The Balaban J connectivity index is 1.89. The summed E-state index contributed by atoms with van der Waals surface area (Å²) in [6.07, 6.45) is 4.83. The van der Waals surface area contributed by atoms with Gasteiger partial charge in [0.2, 0.25) is 0 Å². The molecule has 3 rings (SSSR count). The molecule has 0 saturated heterocycles. The van der Waals surface area contributed by atoms with Gasteiger partial charge in [-0.15, -0.1) is 0 Å². The zero-order chi connectivity index (χ0) is 20.9. The van der Waals surface area contributed by atoms with Gasteiger partial charge in [-0.2, -0.15) is 0 Å². The number of halogens is 1. The van der Waals surface area contributed by atoms with Crippen molar-refractivity contribution in [2.45, 2.75) is 24.2 Å². The molecule has 1 aliphatic carbocycles. The number of nitrogens with one attached hydrogen (secondary N) is 2. The van der Waals surface area contributed by atoms with Crippen LogP contribution in [0, 0.1) is 0 Å². The number of rotatable bonds is 8. The van der Waals surface area contributed by atoms with Gasteiger partial charge in [-0.1, -0.05) is 35.9 Å². The number of anilines is 1. The van der Waals surface area contributed by atoms with Crippen molar-refractivity contribution in [2.24, 2.45) is 0 Å². The molecule has 0 aliphatic heterocycles. The van der Waals surface area contributed by atoms with E-state index < -0.39 is 22.5 Å². The number of allylic oxidation sites excluding steroid dienone is 2. The molecule has 2 aromatic carbocycles. The number of hydrogen-bond acceptors (Lipinski definition) is 5. The van der Waals surface area contributed by atoms with Gasteiger partial charge in [0.25, 0.3) is 15.9 Å². The fraction of sp³-hybridized carbons (Fsp3) is 0.250. The Morgan fingerprint density at radius 1 is 1.21 bits per heavy atom. The molecular weight excluding hydrogens is 414 g/mol. The number of hydrogen-bond donors (Lipinski definition) is 2. The van der Waals surface area contributed by atoms with Crippen molar-refractivity contribution in [3.63, 3.8) is 0 Å². The van der Waals surface area contributed by atoms with Crippen LogP contribution in [0.3, 0.4) is 0 Å². The molecule has 1 aliphatic rings. The summed E-state index contributed by atoms with van der Waals surface area (Å²) >= 11 is 6.19. The highest BCUT2D eigenvalue weighted by molar-refractivity contribution is 7.92. The molecule has 2 aromatic rings. The molecule has 7 nitrogen and oxygen atoms in total. The van der Waals surface area contributed by atoms with Gasteiger partial charge in [0.05, 0.1) is 22.7 Å². The minimum absolute atomic E-state index is 0.0752. The summed E-state index contributed by atoms with van der Waals surface area (Å²) in [5.74, 6) is -0.0870. The largest absolute Gasteiger partial charge is 0.495 e. The standard InChI is InChI=1S/C20H22ClN3O4S/c1-28-19-12-11-16(13-18(19)21)24(29(26,27)17-9-3-2-4-10-17)14-20(25)23-22-15-7-5-6-8-15/h2-4,7,9-13,22H,5-6,8,14H2,1H3,(H,23,25). The predicted molar refractivity (Wildman–Crippen MR) is 112 cm³/mol. The highest BCUT2D eigenvalue weighted by atomic mass is 35.5. The van der Waals surface area contributed by atoms with Gasteiger partial charge in [0.15, 0.2) is 0 Å². The molecule has 0 spiro atoms. The van der Waals surface area contributed by atoms with Gasteiger partial charge in [-0.3, -0.25) is 14.5 Å². The summed E-state index contributed by atoms with van der Waals surface area (Å²) in [4.78, 5) is 12.6. The van der Waals surface area contributed by atoms with E-state index in [0.717, 1.165) is 29.3 Å². The first-order valence-corrected chi connectivity index (χ1v) is 10.9. The van der Waals surface area contributed by atoms with Gasteiger partial charge in [-0.25, -0.2) is 8.42 Å². The minimum atomic E-state index is -3.99. The van der Waals surface area contributed by atoms with Crippen LogP contribution < -0.4 is 19.9 Å². The molecule has 29 heavy (non-hydrogen) atoms. The van der Waals surface area contributed by atoms with Crippen molar-refractivity contribution in [1.29, 1.82) is 0 Å². The fourth-order valence-corrected chi connectivity index (χ4v) is 4.64. The molecule has 0 heterocycles. The van der Waals surface area contributed by atoms with E-state index in [-0.39, 0.29) is 15.6 Å². The zero-order valence-corrected chi connectivity index (χ0v) is 17.5. The van der Waals surface area contributed by atoms with Gasteiger partial charge in [0, 0.05) is 5.70 Å². The number of ether oxygens (including phenoxy) is 1. The molecular formula is C20H22ClN3O4S. The van der Waals surface area contributed by atoms with Crippen molar-refractivity contribution < 1.29 is 17.9 Å². The Bertz CT molecular complexity index is 1010. The highest BCUT2D eigenvalue weighted by Crippen LogP contribution is 2.31. The fourth-order valence-electron chi connectivity index (χ4n) is 2.95. The van der Waals surface area contributed by atoms with E-state index in [1.807, 2.05) is 6.08 Å². The van der Waals surface area contributed by atoms with Crippen molar-refractivity contribution in [3.05, 3.63) is 65.3 Å². The number of carbonyl (C=O) groups excluding carboxylic acids is 1. The molecule has 0 atom stereocenters. The van der Waals surface area contributed by atoms with Gasteiger partial charge >= 0.3 is 0 Å². The summed E-state index contributed by atoms with van der Waals surface area (Å²) in [5.41, 5.74) is 6.60. The first kappa shape index (κ1) is 21.0. The Kier molecular flexibility index (Phi) is 6.66. The number of carbonyl (C=O) groups is 1. The molecule has 0 radical (unpaired) electrons. The normalized spacial score (nSPS) is 13.5. The maximum absolute atomic E-state index is 13.2. The maximum atomic E-state index is 13.2. The van der Waals surface area contributed by atoms with Crippen LogP contribution in [0.5, 0.6) is 5.75 Å². The Labute approximate surface area is 175 Å². The summed E-state index contributed by atoms with van der Waals surface area (Å²) in [5, 5.41) is 0.243. The average Bonchev–Trinajstić information content (AvgIpc) is 3.24. The van der Waals surface area contributed by atoms with E-state index in [2.05, 4.69) is 10.9 Å². The number of methoxy groups -OCH3 is 1. The second kappa shape index (κ2) is 9.19. The average molecular weight is 436 g/mol. The summed E-state index contributed by atoms with van der Waals surface area (Å²) in [6.45, 7) is -0.417. The van der Waals surface area contributed by atoms with Crippen LogP contribution in [0.15, 0.2) is 65.2 Å². The Hall–Kier alpha value is -2.71. The van der Waals surface area contributed by atoms with Crippen molar-refractivity contribution in [2.75, 3.05) is 18.0 Å².